The number of benzene rings is 2. The van der Waals surface area contributed by atoms with Crippen molar-refractivity contribution in [1.29, 1.82) is 0 Å². The van der Waals surface area contributed by atoms with Gasteiger partial charge in [-0.05, 0) is 63.4 Å². The van der Waals surface area contributed by atoms with Gasteiger partial charge in [0.15, 0.2) is 9.84 Å². The summed E-state index contributed by atoms with van der Waals surface area (Å²) < 4.78 is 91.5. The summed E-state index contributed by atoms with van der Waals surface area (Å²) in [7, 11) is -2.09. The lowest BCUT2D eigenvalue weighted by atomic mass is 10.0. The van der Waals surface area contributed by atoms with Crippen molar-refractivity contribution in [2.75, 3.05) is 50.2 Å². The predicted molar refractivity (Wildman–Crippen MR) is 177 cm³/mol. The van der Waals surface area contributed by atoms with E-state index in [1.165, 1.54) is 42.3 Å². The van der Waals surface area contributed by atoms with Gasteiger partial charge in [-0.3, -0.25) is 4.79 Å². The fourth-order valence-electron chi connectivity index (χ4n) is 5.25. The largest absolute Gasteiger partial charge is 0.495 e. The van der Waals surface area contributed by atoms with E-state index >= 15 is 4.39 Å². The molecule has 1 aliphatic rings. The molecule has 1 fully saturated rings. The Hall–Kier alpha value is -4.65. The van der Waals surface area contributed by atoms with Crippen LogP contribution in [0.5, 0.6) is 5.75 Å². The van der Waals surface area contributed by atoms with Gasteiger partial charge in [0.05, 0.1) is 48.0 Å². The average Bonchev–Trinajstić information content (AvgIpc) is 3.34. The molecular weight excluding hydrogens is 670 g/mol. The Morgan fingerprint density at radius 1 is 1.08 bits per heavy atom. The third kappa shape index (κ3) is 10.2. The highest BCUT2D eigenvalue weighted by atomic mass is 32.2. The molecule has 266 valence electrons. The Bertz CT molecular complexity index is 1860. The van der Waals surface area contributed by atoms with Gasteiger partial charge in [0.1, 0.15) is 30.6 Å². The number of alkyl halides is 4. The first kappa shape index (κ1) is 37.2. The number of ether oxygens (including phenoxy) is 2. The fraction of sp³-hybridized carbons (Fsp3) is 0.455. The third-order valence-corrected chi connectivity index (χ3v) is 8.60. The van der Waals surface area contributed by atoms with Crippen LogP contribution in [-0.2, 0) is 25.9 Å². The molecule has 11 nitrogen and oxygen atoms in total. The Morgan fingerprint density at radius 3 is 2.45 bits per heavy atom. The zero-order chi connectivity index (χ0) is 36.1. The van der Waals surface area contributed by atoms with Crippen molar-refractivity contribution < 1.29 is 45.0 Å². The molecule has 2 heterocycles. The first-order valence-corrected chi connectivity index (χ1v) is 17.2. The summed E-state index contributed by atoms with van der Waals surface area (Å²) in [5, 5.41) is 8.88. The molecule has 2 atom stereocenters. The van der Waals surface area contributed by atoms with Gasteiger partial charge >= 0.3 is 12.3 Å². The van der Waals surface area contributed by atoms with Crippen molar-refractivity contribution in [1.82, 2.24) is 14.8 Å². The number of rotatable bonds is 9. The van der Waals surface area contributed by atoms with Crippen molar-refractivity contribution in [3.05, 3.63) is 48.2 Å². The van der Waals surface area contributed by atoms with Gasteiger partial charge in [0.25, 0.3) is 0 Å². The zero-order valence-corrected chi connectivity index (χ0v) is 28.5. The quantitative estimate of drug-likeness (QED) is 0.210. The minimum Gasteiger partial charge on any atom is -0.495 e. The molecule has 4 rings (SSSR count). The molecule has 1 aromatic heterocycles. The van der Waals surface area contributed by atoms with Crippen LogP contribution in [0, 0.1) is 11.8 Å². The van der Waals surface area contributed by atoms with Gasteiger partial charge in [-0.2, -0.15) is 13.2 Å². The van der Waals surface area contributed by atoms with Crippen molar-refractivity contribution >= 4 is 44.1 Å². The minimum absolute atomic E-state index is 0.00134. The number of piperidine rings is 1. The second-order valence-electron chi connectivity index (χ2n) is 12.5. The summed E-state index contributed by atoms with van der Waals surface area (Å²) in [5.74, 6) is 5.38. The zero-order valence-electron chi connectivity index (χ0n) is 27.7. The van der Waals surface area contributed by atoms with Crippen LogP contribution in [-0.4, -0.2) is 93.4 Å². The van der Waals surface area contributed by atoms with E-state index in [-0.39, 0.29) is 54.5 Å². The Morgan fingerprint density at radius 2 is 1.82 bits per heavy atom. The van der Waals surface area contributed by atoms with Crippen LogP contribution in [0.4, 0.5) is 33.7 Å². The van der Waals surface area contributed by atoms with Gasteiger partial charge in [-0.1, -0.05) is 12.0 Å². The fourth-order valence-corrected chi connectivity index (χ4v) is 5.89. The van der Waals surface area contributed by atoms with E-state index in [0.717, 1.165) is 10.8 Å². The molecule has 49 heavy (non-hydrogen) atoms. The number of halogens is 4. The van der Waals surface area contributed by atoms with E-state index in [9.17, 15) is 31.2 Å². The molecule has 0 radical (unpaired) electrons. The van der Waals surface area contributed by atoms with Gasteiger partial charge in [0, 0.05) is 29.9 Å². The van der Waals surface area contributed by atoms with Crippen LogP contribution in [0.25, 0.3) is 10.9 Å². The Labute approximate surface area is 282 Å². The lowest BCUT2D eigenvalue weighted by Crippen LogP contribution is -2.52. The molecule has 1 saturated heterocycles. The highest BCUT2D eigenvalue weighted by Gasteiger charge is 2.33. The van der Waals surface area contributed by atoms with E-state index in [0.29, 0.717) is 16.8 Å². The second kappa shape index (κ2) is 14.9. The van der Waals surface area contributed by atoms with E-state index in [1.807, 2.05) is 0 Å². The maximum Gasteiger partial charge on any atom is 0.408 e. The lowest BCUT2D eigenvalue weighted by molar-refractivity contribution is -0.140. The molecule has 0 bridgehead atoms. The molecule has 0 saturated carbocycles. The number of hydrogen-bond acceptors (Lipinski definition) is 8. The second-order valence-corrected chi connectivity index (χ2v) is 14.5. The topological polar surface area (TPSA) is 131 Å². The van der Waals surface area contributed by atoms with Gasteiger partial charge in [-0.15, -0.1) is 0 Å². The Kier molecular flexibility index (Phi) is 11.3. The number of sulfone groups is 1. The molecule has 16 heteroatoms. The molecule has 0 aliphatic carbocycles. The number of carbonyl (C=O) groups excluding carboxylic acids is 2. The Balaban J connectivity index is 1.48. The van der Waals surface area contributed by atoms with E-state index < -0.39 is 52.4 Å². The van der Waals surface area contributed by atoms with Crippen LogP contribution < -0.4 is 20.7 Å². The summed E-state index contributed by atoms with van der Waals surface area (Å²) in [4.78, 5) is 25.9. The third-order valence-electron chi connectivity index (χ3n) is 7.49. The SMILES string of the molecule is COc1cc(S(C)(=O)=O)ccc1NCC#Cc1cc2c(N[C@H]3CCN(C(=O)CNC(=O)OC(C)(C)C)C[C@H]3F)cccc2n1CC(F)(F)F. The molecular formula is C33H39F4N5O6S. The van der Waals surface area contributed by atoms with E-state index in [1.54, 1.807) is 32.9 Å². The molecule has 0 unspecified atom stereocenters. The number of nitrogens with one attached hydrogen (secondary N) is 3. The summed E-state index contributed by atoms with van der Waals surface area (Å²) in [6.07, 6.45) is -5.53. The molecule has 1 aliphatic heterocycles. The van der Waals surface area contributed by atoms with Crippen LogP contribution >= 0.6 is 0 Å². The number of amides is 2. The number of carbonyl (C=O) groups is 2. The van der Waals surface area contributed by atoms with Gasteiger partial charge in [0.2, 0.25) is 5.91 Å². The number of aromatic nitrogens is 1. The predicted octanol–water partition coefficient (Wildman–Crippen LogP) is 4.95. The molecule has 3 aromatic rings. The number of likely N-dealkylation sites (tertiary alicyclic amines) is 1. The number of alkyl carbamates (subject to hydrolysis) is 1. The summed E-state index contributed by atoms with van der Waals surface area (Å²) in [6.45, 7) is 3.36. The number of fused-ring (bicyclic) bond motifs is 1. The van der Waals surface area contributed by atoms with Crippen LogP contribution in [0.1, 0.15) is 32.9 Å². The number of hydrogen-bond donors (Lipinski definition) is 3. The highest BCUT2D eigenvalue weighted by Crippen LogP contribution is 2.32. The van der Waals surface area contributed by atoms with Crippen LogP contribution in [0.2, 0.25) is 0 Å². The summed E-state index contributed by atoms with van der Waals surface area (Å²) in [5.41, 5.74) is 0.439. The first-order chi connectivity index (χ1) is 22.8. The van der Waals surface area contributed by atoms with Gasteiger partial charge in [-0.25, -0.2) is 17.6 Å². The van der Waals surface area contributed by atoms with Crippen molar-refractivity contribution in [2.24, 2.45) is 0 Å². The monoisotopic (exact) mass is 709 g/mol. The molecule has 3 N–H and O–H groups in total. The lowest BCUT2D eigenvalue weighted by Gasteiger charge is -2.35. The molecule has 2 amide bonds. The van der Waals surface area contributed by atoms with Crippen molar-refractivity contribution in [3.63, 3.8) is 0 Å². The molecule has 0 spiro atoms. The summed E-state index contributed by atoms with van der Waals surface area (Å²) in [6, 6.07) is 9.77. The van der Waals surface area contributed by atoms with Gasteiger partial charge < -0.3 is 34.9 Å². The average molecular weight is 710 g/mol. The van der Waals surface area contributed by atoms with Crippen LogP contribution in [0.3, 0.4) is 0 Å². The minimum atomic E-state index is -4.56. The highest BCUT2D eigenvalue weighted by molar-refractivity contribution is 7.90. The summed E-state index contributed by atoms with van der Waals surface area (Å²) >= 11 is 0. The smallest absolute Gasteiger partial charge is 0.408 e. The molecule has 2 aromatic carbocycles. The van der Waals surface area contributed by atoms with Crippen LogP contribution in [0.15, 0.2) is 47.4 Å². The first-order valence-electron chi connectivity index (χ1n) is 15.3. The van der Waals surface area contributed by atoms with E-state index in [2.05, 4.69) is 27.8 Å². The van der Waals surface area contributed by atoms with Crippen molar-refractivity contribution in [3.8, 4) is 17.6 Å². The van der Waals surface area contributed by atoms with Crippen molar-refractivity contribution in [2.45, 2.75) is 62.6 Å². The maximum absolute atomic E-state index is 15.4. The standard InChI is InChI=1S/C33H39F4N5O6S/c1-32(2,3)48-31(44)39-18-30(43)41-15-13-26(24(34)19-41)40-25-9-6-10-28-23(25)16-21(42(28)20-33(35,36)37)8-7-14-38-27-12-11-22(49(5,45)46)17-29(27)47-4/h6,9-12,16-17,24,26,38,40H,13-15,18-20H2,1-5H3,(H,39,44)/t24-,26+/m1/s1. The number of methoxy groups -OCH3 is 1. The number of nitrogens with zero attached hydrogens (tertiary/aromatic N) is 2. The van der Waals surface area contributed by atoms with E-state index in [4.69, 9.17) is 9.47 Å². The normalized spacial score (nSPS) is 16.8. The maximum atomic E-state index is 15.4. The number of anilines is 2.